The molecular weight excluding hydrogens is 284 g/mol. The summed E-state index contributed by atoms with van der Waals surface area (Å²) in [7, 11) is 1.67. The zero-order valence-electron chi connectivity index (χ0n) is 13.0. The lowest BCUT2D eigenvalue weighted by atomic mass is 10.2. The summed E-state index contributed by atoms with van der Waals surface area (Å²) in [5.41, 5.74) is 7.52. The van der Waals surface area contributed by atoms with Crippen LogP contribution in [0.3, 0.4) is 0 Å². The zero-order chi connectivity index (χ0) is 15.9. The molecule has 23 heavy (non-hydrogen) atoms. The Morgan fingerprint density at radius 1 is 0.739 bits per heavy atom. The number of nitrogens with zero attached hydrogens (tertiary/aromatic N) is 2. The Morgan fingerprint density at radius 2 is 1.26 bits per heavy atom. The van der Waals surface area contributed by atoms with Crippen LogP contribution in [0.2, 0.25) is 0 Å². The molecule has 0 aliphatic heterocycles. The third-order valence-electron chi connectivity index (χ3n) is 3.38. The average Bonchev–Trinajstić information content (AvgIpc) is 2.64. The van der Waals surface area contributed by atoms with Gasteiger partial charge in [-0.2, -0.15) is 4.68 Å². The highest BCUT2D eigenvalue weighted by Gasteiger charge is 2.15. The second-order valence-electron chi connectivity index (χ2n) is 4.96. The predicted molar refractivity (Wildman–Crippen MR) is 93.4 cm³/mol. The molecule has 0 fully saturated rings. The fourth-order valence-corrected chi connectivity index (χ4v) is 2.31. The van der Waals surface area contributed by atoms with Gasteiger partial charge in [0.05, 0.1) is 12.7 Å². The van der Waals surface area contributed by atoms with Crippen LogP contribution < -0.4 is 0 Å². The quantitative estimate of drug-likeness (QED) is 0.287. The van der Waals surface area contributed by atoms with Crippen molar-refractivity contribution in [1.29, 1.82) is 0 Å². The number of hydrogen-bond donors (Lipinski definition) is 0. The van der Waals surface area contributed by atoms with Crippen molar-refractivity contribution in [3.63, 3.8) is 0 Å². The van der Waals surface area contributed by atoms with Gasteiger partial charge >= 0.3 is 5.90 Å². The standard InChI is InChI=1S/C20H18N2O/c1-23-20(17-11-5-2-6-12-17)22(19-15-9-4-10-16-19)21-18-13-7-3-8-14-18/h2-16H,1H3/b22-20+. The molecule has 0 saturated carbocycles. The van der Waals surface area contributed by atoms with Crippen LogP contribution in [-0.2, 0) is 4.74 Å². The lowest BCUT2D eigenvalue weighted by Gasteiger charge is -2.20. The third kappa shape index (κ3) is 3.58. The molecule has 3 nitrogen and oxygen atoms in total. The first-order valence-electron chi connectivity index (χ1n) is 7.47. The fraction of sp³-hybridized carbons (Fsp3) is 0.0500. The van der Waals surface area contributed by atoms with Crippen LogP contribution in [0.1, 0.15) is 5.56 Å². The highest BCUT2D eigenvalue weighted by molar-refractivity contribution is 5.91. The Hall–Kier alpha value is -3.07. The van der Waals surface area contributed by atoms with E-state index in [1.165, 1.54) is 0 Å². The van der Waals surface area contributed by atoms with Crippen molar-refractivity contribution in [2.24, 2.45) is 0 Å². The van der Waals surface area contributed by atoms with Crippen molar-refractivity contribution in [2.45, 2.75) is 0 Å². The predicted octanol–water partition coefficient (Wildman–Crippen LogP) is 5.04. The van der Waals surface area contributed by atoms with Gasteiger partial charge in [0.25, 0.3) is 0 Å². The Labute approximate surface area is 136 Å². The van der Waals surface area contributed by atoms with Crippen molar-refractivity contribution in [3.05, 3.63) is 102 Å². The van der Waals surface area contributed by atoms with Gasteiger partial charge in [-0.1, -0.05) is 72.4 Å². The lowest BCUT2D eigenvalue weighted by molar-refractivity contribution is -0.388. The smallest absolute Gasteiger partial charge is 0.371 e. The van der Waals surface area contributed by atoms with E-state index in [-0.39, 0.29) is 0 Å². The van der Waals surface area contributed by atoms with Crippen LogP contribution in [0.15, 0.2) is 91.0 Å². The van der Waals surface area contributed by atoms with Gasteiger partial charge in [-0.15, -0.1) is 0 Å². The van der Waals surface area contributed by atoms with Crippen LogP contribution in [0.4, 0.5) is 11.4 Å². The van der Waals surface area contributed by atoms with Crippen LogP contribution in [-0.4, -0.2) is 17.7 Å². The summed E-state index contributed by atoms with van der Waals surface area (Å²) in [5, 5.41) is 0. The zero-order valence-corrected chi connectivity index (χ0v) is 13.0. The number of methoxy groups -OCH3 is 1. The van der Waals surface area contributed by atoms with E-state index in [0.29, 0.717) is 5.90 Å². The fourth-order valence-electron chi connectivity index (χ4n) is 2.31. The minimum Gasteiger partial charge on any atom is -0.447 e. The summed E-state index contributed by atoms with van der Waals surface area (Å²) < 4.78 is 7.50. The number of rotatable bonds is 4. The molecule has 3 aromatic carbocycles. The molecule has 0 saturated heterocycles. The highest BCUT2D eigenvalue weighted by Crippen LogP contribution is 2.25. The Bertz CT molecular complexity index is 769. The first kappa shape index (κ1) is 14.9. The molecule has 0 aromatic heterocycles. The maximum absolute atomic E-state index is 5.67. The first-order chi connectivity index (χ1) is 11.4. The van der Waals surface area contributed by atoms with Gasteiger partial charge < -0.3 is 10.2 Å². The second-order valence-corrected chi connectivity index (χ2v) is 4.96. The van der Waals surface area contributed by atoms with E-state index in [2.05, 4.69) is 0 Å². The highest BCUT2D eigenvalue weighted by atomic mass is 16.5. The molecule has 0 radical (unpaired) electrons. The third-order valence-corrected chi connectivity index (χ3v) is 3.38. The van der Waals surface area contributed by atoms with Gasteiger partial charge in [0.1, 0.15) is 0 Å². The molecule has 0 unspecified atom stereocenters. The van der Waals surface area contributed by atoms with Crippen molar-refractivity contribution in [2.75, 3.05) is 7.11 Å². The summed E-state index contributed by atoms with van der Waals surface area (Å²) in [5.74, 6) is 0.681. The van der Waals surface area contributed by atoms with Gasteiger partial charge in [-0.25, -0.2) is 0 Å². The number of hydrogen-bond acceptors (Lipinski definition) is 1. The monoisotopic (exact) mass is 302 g/mol. The minimum absolute atomic E-state index is 0.681. The van der Waals surface area contributed by atoms with Crippen molar-refractivity contribution >= 4 is 17.3 Å². The van der Waals surface area contributed by atoms with Gasteiger partial charge in [0.2, 0.25) is 5.69 Å². The number of ether oxygens (including phenoxy) is 1. The van der Waals surface area contributed by atoms with Gasteiger partial charge in [-0.05, 0) is 12.1 Å². The molecule has 0 aliphatic carbocycles. The van der Waals surface area contributed by atoms with E-state index in [1.54, 1.807) is 7.11 Å². The largest absolute Gasteiger partial charge is 0.447 e. The van der Waals surface area contributed by atoms with Crippen molar-refractivity contribution in [1.82, 2.24) is 0 Å². The summed E-state index contributed by atoms with van der Waals surface area (Å²) in [6, 6.07) is 29.8. The van der Waals surface area contributed by atoms with Crippen molar-refractivity contribution < 1.29 is 9.42 Å². The summed E-state index contributed by atoms with van der Waals surface area (Å²) in [6.45, 7) is 0. The Morgan fingerprint density at radius 3 is 1.83 bits per heavy atom. The summed E-state index contributed by atoms with van der Waals surface area (Å²) in [4.78, 5) is 0. The Balaban J connectivity index is 2.12. The van der Waals surface area contributed by atoms with E-state index >= 15 is 0 Å². The van der Waals surface area contributed by atoms with E-state index in [1.807, 2.05) is 95.7 Å². The van der Waals surface area contributed by atoms with E-state index in [0.717, 1.165) is 16.9 Å². The van der Waals surface area contributed by atoms with E-state index in [9.17, 15) is 0 Å². The SMILES string of the molecule is CO/C(c1ccccc1)=[N+](/[N-]c1ccccc1)c1ccccc1. The van der Waals surface area contributed by atoms with Crippen LogP contribution in [0.25, 0.3) is 5.43 Å². The second kappa shape index (κ2) is 7.27. The first-order valence-corrected chi connectivity index (χ1v) is 7.47. The molecular formula is C20H18N2O. The van der Waals surface area contributed by atoms with Gasteiger partial charge in [0.15, 0.2) is 0 Å². The van der Waals surface area contributed by atoms with Crippen LogP contribution in [0.5, 0.6) is 0 Å². The van der Waals surface area contributed by atoms with E-state index in [4.69, 9.17) is 10.2 Å². The molecule has 3 aromatic rings. The van der Waals surface area contributed by atoms with Crippen molar-refractivity contribution in [3.8, 4) is 0 Å². The van der Waals surface area contributed by atoms with Gasteiger partial charge in [-0.3, -0.25) is 0 Å². The molecule has 0 amide bonds. The Kier molecular flexibility index (Phi) is 4.69. The molecule has 0 N–H and O–H groups in total. The summed E-state index contributed by atoms with van der Waals surface area (Å²) in [6.07, 6.45) is 0. The molecule has 3 rings (SSSR count). The molecule has 0 heterocycles. The lowest BCUT2D eigenvalue weighted by Crippen LogP contribution is -2.16. The summed E-state index contributed by atoms with van der Waals surface area (Å²) >= 11 is 0. The molecule has 0 bridgehead atoms. The molecule has 114 valence electrons. The number of benzene rings is 3. The van der Waals surface area contributed by atoms with E-state index < -0.39 is 0 Å². The minimum atomic E-state index is 0.681. The van der Waals surface area contributed by atoms with Crippen LogP contribution >= 0.6 is 0 Å². The maximum atomic E-state index is 5.67. The normalized spacial score (nSPS) is 11.5. The maximum Gasteiger partial charge on any atom is 0.371 e. The molecule has 0 spiro atoms. The topological polar surface area (TPSA) is 26.3 Å². The molecule has 0 aliphatic rings. The molecule has 3 heteroatoms. The average molecular weight is 302 g/mol. The number of para-hydroxylation sites is 1. The van der Waals surface area contributed by atoms with Gasteiger partial charge in [0, 0.05) is 12.1 Å². The molecule has 0 atom stereocenters. The van der Waals surface area contributed by atoms with Crippen LogP contribution in [0, 0.1) is 0 Å².